The van der Waals surface area contributed by atoms with Crippen molar-refractivity contribution >= 4 is 0 Å². The smallest absolute Gasteiger partial charge is 0.377 e. The van der Waals surface area contributed by atoms with Crippen LogP contribution in [-0.2, 0) is 14.2 Å². The third-order valence-electron chi connectivity index (χ3n) is 1.70. The first kappa shape index (κ1) is 16.6. The van der Waals surface area contributed by atoms with Crippen molar-refractivity contribution in [3.8, 4) is 0 Å². The molecule has 0 aliphatic heterocycles. The highest BCUT2D eigenvalue weighted by Gasteiger charge is 2.53. The zero-order valence-corrected chi connectivity index (χ0v) is 10.1. The van der Waals surface area contributed by atoms with Gasteiger partial charge in [-0.25, -0.2) is 0 Å². The third kappa shape index (κ3) is 7.51. The molecule has 0 aromatic rings. The molecule has 0 fully saturated rings. The molecule has 17 heavy (non-hydrogen) atoms. The molecular formula is C10H18F4O3. The first-order valence-corrected chi connectivity index (χ1v) is 5.26. The van der Waals surface area contributed by atoms with Crippen LogP contribution in [0.1, 0.15) is 20.8 Å². The zero-order chi connectivity index (χ0) is 13.5. The van der Waals surface area contributed by atoms with Gasteiger partial charge in [-0.05, 0) is 13.8 Å². The van der Waals surface area contributed by atoms with Crippen molar-refractivity contribution in [2.45, 2.75) is 38.9 Å². The summed E-state index contributed by atoms with van der Waals surface area (Å²) in [7, 11) is 0. The predicted molar refractivity (Wildman–Crippen MR) is 53.4 cm³/mol. The van der Waals surface area contributed by atoms with Gasteiger partial charge in [0.25, 0.3) is 0 Å². The van der Waals surface area contributed by atoms with Gasteiger partial charge in [0.15, 0.2) is 0 Å². The van der Waals surface area contributed by atoms with E-state index in [9.17, 15) is 17.6 Å². The minimum Gasteiger partial charge on any atom is -0.377 e. The van der Waals surface area contributed by atoms with Crippen LogP contribution in [0.5, 0.6) is 0 Å². The molecule has 0 saturated heterocycles. The quantitative estimate of drug-likeness (QED) is 0.472. The summed E-state index contributed by atoms with van der Waals surface area (Å²) in [6, 6.07) is 0. The molecular weight excluding hydrogens is 244 g/mol. The molecule has 0 amide bonds. The summed E-state index contributed by atoms with van der Waals surface area (Å²) in [5.41, 5.74) is 0. The van der Waals surface area contributed by atoms with E-state index in [1.165, 1.54) is 0 Å². The molecule has 0 aliphatic carbocycles. The van der Waals surface area contributed by atoms with E-state index in [1.54, 1.807) is 0 Å². The van der Waals surface area contributed by atoms with Crippen molar-refractivity contribution in [1.29, 1.82) is 0 Å². The van der Waals surface area contributed by atoms with Crippen LogP contribution >= 0.6 is 0 Å². The Kier molecular flexibility index (Phi) is 6.96. The van der Waals surface area contributed by atoms with Crippen LogP contribution in [0.25, 0.3) is 0 Å². The van der Waals surface area contributed by atoms with E-state index in [0.717, 1.165) is 0 Å². The lowest BCUT2D eigenvalue weighted by Gasteiger charge is -2.22. The van der Waals surface area contributed by atoms with Crippen molar-refractivity contribution in [2.75, 3.05) is 26.4 Å². The molecule has 0 atom stereocenters. The number of alkyl halides is 4. The van der Waals surface area contributed by atoms with Crippen LogP contribution in [0, 0.1) is 0 Å². The standard InChI is InChI=1S/C10H18F4O3/c1-8(2)16-6-4-15-5-7-17-10(13,14)9(3,11)12/h8H,4-7H2,1-3H3. The SMILES string of the molecule is CC(C)OCCOCCOC(F)(F)C(C)(F)F. The molecule has 0 aliphatic rings. The lowest BCUT2D eigenvalue weighted by Crippen LogP contribution is -2.41. The molecule has 104 valence electrons. The fraction of sp³-hybridized carbons (Fsp3) is 1.00. The van der Waals surface area contributed by atoms with Gasteiger partial charge < -0.3 is 14.2 Å². The Morgan fingerprint density at radius 2 is 1.47 bits per heavy atom. The summed E-state index contributed by atoms with van der Waals surface area (Å²) in [4.78, 5) is 0. The molecule has 0 bridgehead atoms. The van der Waals surface area contributed by atoms with Gasteiger partial charge in [0.1, 0.15) is 0 Å². The van der Waals surface area contributed by atoms with Gasteiger partial charge in [-0.1, -0.05) is 0 Å². The minimum atomic E-state index is -4.47. The fourth-order valence-corrected chi connectivity index (χ4v) is 0.800. The topological polar surface area (TPSA) is 27.7 Å². The van der Waals surface area contributed by atoms with E-state index in [0.29, 0.717) is 6.61 Å². The summed E-state index contributed by atoms with van der Waals surface area (Å²) < 4.78 is 63.4. The maximum absolute atomic E-state index is 12.6. The summed E-state index contributed by atoms with van der Waals surface area (Å²) in [6.45, 7) is 3.52. The van der Waals surface area contributed by atoms with Crippen molar-refractivity contribution in [2.24, 2.45) is 0 Å². The molecule has 0 spiro atoms. The molecule has 3 nitrogen and oxygen atoms in total. The molecule has 0 radical (unpaired) electrons. The Bertz CT molecular complexity index is 204. The Labute approximate surface area is 98.0 Å². The van der Waals surface area contributed by atoms with E-state index < -0.39 is 18.6 Å². The maximum Gasteiger partial charge on any atom is 0.419 e. The normalized spacial score (nSPS) is 13.4. The first-order chi connectivity index (χ1) is 7.67. The van der Waals surface area contributed by atoms with Gasteiger partial charge in [0.2, 0.25) is 0 Å². The second-order valence-corrected chi connectivity index (χ2v) is 3.79. The van der Waals surface area contributed by atoms with Crippen molar-refractivity contribution < 1.29 is 31.8 Å². The Balaban J connectivity index is 3.52. The molecule has 0 aromatic carbocycles. The van der Waals surface area contributed by atoms with E-state index in [2.05, 4.69) is 4.74 Å². The highest BCUT2D eigenvalue weighted by molar-refractivity contribution is 4.70. The minimum absolute atomic E-state index is 0.0537. The van der Waals surface area contributed by atoms with Crippen LogP contribution < -0.4 is 0 Å². The summed E-state index contributed by atoms with van der Waals surface area (Å²) in [5.74, 6) is -4.20. The maximum atomic E-state index is 12.6. The lowest BCUT2D eigenvalue weighted by molar-refractivity contribution is -0.342. The number of hydrogen-bond acceptors (Lipinski definition) is 3. The number of rotatable bonds is 9. The van der Waals surface area contributed by atoms with Crippen LogP contribution in [0.2, 0.25) is 0 Å². The van der Waals surface area contributed by atoms with Gasteiger partial charge in [-0.15, -0.1) is 0 Å². The number of hydrogen-bond donors (Lipinski definition) is 0. The Hall–Kier alpha value is -0.400. The predicted octanol–water partition coefficient (Wildman–Crippen LogP) is 2.69. The van der Waals surface area contributed by atoms with E-state index >= 15 is 0 Å². The monoisotopic (exact) mass is 262 g/mol. The second-order valence-electron chi connectivity index (χ2n) is 3.79. The second kappa shape index (κ2) is 7.13. The summed E-state index contributed by atoms with van der Waals surface area (Å²) >= 11 is 0. The van der Waals surface area contributed by atoms with Gasteiger partial charge in [0, 0.05) is 6.92 Å². The highest BCUT2D eigenvalue weighted by Crippen LogP contribution is 2.34. The molecule has 0 unspecified atom stereocenters. The summed E-state index contributed by atoms with van der Waals surface area (Å²) in [5, 5.41) is 0. The molecule has 0 saturated carbocycles. The third-order valence-corrected chi connectivity index (χ3v) is 1.70. The van der Waals surface area contributed by atoms with Gasteiger partial charge in [-0.3, -0.25) is 0 Å². The molecule has 0 N–H and O–H groups in total. The number of ether oxygens (including phenoxy) is 3. The lowest BCUT2D eigenvalue weighted by atomic mass is 10.4. The van der Waals surface area contributed by atoms with Crippen LogP contribution in [0.4, 0.5) is 17.6 Å². The molecule has 0 heterocycles. The van der Waals surface area contributed by atoms with E-state index in [4.69, 9.17) is 9.47 Å². The summed E-state index contributed by atoms with van der Waals surface area (Å²) in [6.07, 6.45) is -4.41. The van der Waals surface area contributed by atoms with Gasteiger partial charge in [0.05, 0.1) is 32.5 Å². The van der Waals surface area contributed by atoms with Crippen LogP contribution in [-0.4, -0.2) is 44.6 Å². The van der Waals surface area contributed by atoms with Gasteiger partial charge in [-0.2, -0.15) is 17.6 Å². The average Bonchev–Trinajstić information content (AvgIpc) is 2.13. The largest absolute Gasteiger partial charge is 0.419 e. The molecule has 0 aromatic heterocycles. The molecule has 7 heteroatoms. The van der Waals surface area contributed by atoms with E-state index in [1.807, 2.05) is 13.8 Å². The highest BCUT2D eigenvalue weighted by atomic mass is 19.3. The van der Waals surface area contributed by atoms with Gasteiger partial charge >= 0.3 is 12.0 Å². The Morgan fingerprint density at radius 3 is 1.94 bits per heavy atom. The zero-order valence-electron chi connectivity index (χ0n) is 10.1. The fourth-order valence-electron chi connectivity index (χ4n) is 0.800. The Morgan fingerprint density at radius 1 is 0.941 bits per heavy atom. The van der Waals surface area contributed by atoms with Crippen molar-refractivity contribution in [1.82, 2.24) is 0 Å². The van der Waals surface area contributed by atoms with Crippen molar-refractivity contribution in [3.63, 3.8) is 0 Å². The van der Waals surface area contributed by atoms with Crippen molar-refractivity contribution in [3.05, 3.63) is 0 Å². The average molecular weight is 262 g/mol. The first-order valence-electron chi connectivity index (χ1n) is 5.26. The molecule has 0 rings (SSSR count). The van der Waals surface area contributed by atoms with Crippen LogP contribution in [0.3, 0.4) is 0 Å². The van der Waals surface area contributed by atoms with E-state index in [-0.39, 0.29) is 26.2 Å². The van der Waals surface area contributed by atoms with Crippen LogP contribution in [0.15, 0.2) is 0 Å². The number of halogens is 4.